The molecule has 0 aliphatic heterocycles. The largest absolute Gasteiger partial charge is 0.356 e. The van der Waals surface area contributed by atoms with E-state index < -0.39 is 0 Å². The van der Waals surface area contributed by atoms with Gasteiger partial charge in [0.15, 0.2) is 11.6 Å². The molecule has 0 unspecified atom stereocenters. The van der Waals surface area contributed by atoms with E-state index in [1.54, 1.807) is 18.1 Å². The number of aryl methyl sites for hydroxylation is 2. The van der Waals surface area contributed by atoms with Crippen LogP contribution in [-0.2, 0) is 20.0 Å². The van der Waals surface area contributed by atoms with E-state index in [2.05, 4.69) is 30.6 Å². The third kappa shape index (κ3) is 4.68. The summed E-state index contributed by atoms with van der Waals surface area (Å²) >= 11 is 0. The minimum Gasteiger partial charge on any atom is -0.356 e. The lowest BCUT2D eigenvalue weighted by Gasteiger charge is -2.21. The highest BCUT2D eigenvalue weighted by Gasteiger charge is 2.10. The van der Waals surface area contributed by atoms with Gasteiger partial charge < -0.3 is 10.2 Å². The number of nitrogens with zero attached hydrogens (tertiary/aromatic N) is 8. The molecule has 0 fully saturated rings. The van der Waals surface area contributed by atoms with Gasteiger partial charge in [0.05, 0.1) is 6.54 Å². The Bertz CT molecular complexity index is 854. The van der Waals surface area contributed by atoms with Crippen molar-refractivity contribution in [2.75, 3.05) is 20.6 Å². The van der Waals surface area contributed by atoms with E-state index in [1.165, 1.54) is 0 Å². The fourth-order valence-corrected chi connectivity index (χ4v) is 2.64. The second-order valence-corrected chi connectivity index (χ2v) is 5.78. The number of hydrogen-bond acceptors (Lipinski definition) is 5. The Balaban J connectivity index is 0.00000243. The average molecular weight is 469 g/mol. The molecule has 9 nitrogen and oxygen atoms in total. The molecule has 0 saturated carbocycles. The second-order valence-electron chi connectivity index (χ2n) is 5.78. The predicted molar refractivity (Wildman–Crippen MR) is 111 cm³/mol. The van der Waals surface area contributed by atoms with Crippen LogP contribution in [0.2, 0.25) is 0 Å². The zero-order valence-corrected chi connectivity index (χ0v) is 17.5. The number of pyridine rings is 1. The van der Waals surface area contributed by atoms with Crippen molar-refractivity contribution >= 4 is 35.6 Å². The second kappa shape index (κ2) is 9.46. The summed E-state index contributed by atoms with van der Waals surface area (Å²) in [6, 6.07) is 5.91. The lowest BCUT2D eigenvalue weighted by atomic mass is 10.3. The average Bonchev–Trinajstić information content (AvgIpc) is 3.21. The highest BCUT2D eigenvalue weighted by Crippen LogP contribution is 2.05. The van der Waals surface area contributed by atoms with E-state index in [0.717, 1.165) is 42.6 Å². The first-order valence-corrected chi connectivity index (χ1v) is 8.22. The van der Waals surface area contributed by atoms with Gasteiger partial charge in [0.25, 0.3) is 0 Å². The molecule has 0 aliphatic rings. The molecule has 0 spiro atoms. The van der Waals surface area contributed by atoms with Gasteiger partial charge in [0.1, 0.15) is 18.0 Å². The third-order valence-corrected chi connectivity index (χ3v) is 4.00. The summed E-state index contributed by atoms with van der Waals surface area (Å²) in [4.78, 5) is 10.6. The van der Waals surface area contributed by atoms with Gasteiger partial charge in [-0.1, -0.05) is 6.07 Å². The molecule has 140 valence electrons. The molecule has 10 heteroatoms. The van der Waals surface area contributed by atoms with Crippen molar-refractivity contribution in [1.29, 1.82) is 0 Å². The Morgan fingerprint density at radius 1 is 1.27 bits per heavy atom. The molecule has 0 amide bonds. The Hall–Kier alpha value is -2.24. The van der Waals surface area contributed by atoms with Crippen LogP contribution in [-0.4, -0.2) is 60.9 Å². The zero-order valence-electron chi connectivity index (χ0n) is 15.2. The van der Waals surface area contributed by atoms with Crippen molar-refractivity contribution in [2.45, 2.75) is 19.4 Å². The third-order valence-electron chi connectivity index (χ3n) is 4.00. The van der Waals surface area contributed by atoms with E-state index in [0.29, 0.717) is 6.54 Å². The molecule has 26 heavy (non-hydrogen) atoms. The van der Waals surface area contributed by atoms with Gasteiger partial charge in [-0.3, -0.25) is 14.1 Å². The molecule has 3 rings (SSSR count). The smallest absolute Gasteiger partial charge is 0.193 e. The van der Waals surface area contributed by atoms with Gasteiger partial charge in [-0.05, 0) is 18.6 Å². The van der Waals surface area contributed by atoms with Crippen LogP contribution in [0.3, 0.4) is 0 Å². The van der Waals surface area contributed by atoms with Gasteiger partial charge in [-0.25, -0.2) is 4.98 Å². The van der Waals surface area contributed by atoms with Gasteiger partial charge >= 0.3 is 0 Å². The van der Waals surface area contributed by atoms with Crippen LogP contribution in [0.25, 0.3) is 5.65 Å². The summed E-state index contributed by atoms with van der Waals surface area (Å²) in [5.74, 6) is 2.69. The first-order valence-electron chi connectivity index (χ1n) is 8.22. The molecule has 3 aromatic rings. The van der Waals surface area contributed by atoms with Crippen molar-refractivity contribution < 1.29 is 0 Å². The first-order chi connectivity index (χ1) is 12.2. The van der Waals surface area contributed by atoms with Gasteiger partial charge in [0.2, 0.25) is 0 Å². The highest BCUT2D eigenvalue weighted by molar-refractivity contribution is 14.0. The number of aliphatic imine (C=N–C) groups is 1. The summed E-state index contributed by atoms with van der Waals surface area (Å²) < 4.78 is 3.79. The molecule has 0 bridgehead atoms. The number of hydrogen-bond donors (Lipinski definition) is 1. The number of nitrogens with one attached hydrogen (secondary N) is 1. The Labute approximate surface area is 169 Å². The standard InChI is InChI=1S/C16H23N9.HI/c1-17-16(23(2)11-15-19-12-20-24(15)3)18-9-6-8-14-22-21-13-7-4-5-10-25(13)14;/h4-5,7,10,12H,6,8-9,11H2,1-3H3,(H,17,18);1H. The van der Waals surface area contributed by atoms with Crippen LogP contribution in [0.15, 0.2) is 35.7 Å². The summed E-state index contributed by atoms with van der Waals surface area (Å²) in [6.07, 6.45) is 5.34. The van der Waals surface area contributed by atoms with Crippen molar-refractivity contribution in [3.63, 3.8) is 0 Å². The Kier molecular flexibility index (Phi) is 7.30. The maximum atomic E-state index is 4.32. The zero-order chi connectivity index (χ0) is 17.6. The molecule has 3 aromatic heterocycles. The fraction of sp³-hybridized carbons (Fsp3) is 0.438. The van der Waals surface area contributed by atoms with Gasteiger partial charge in [0, 0.05) is 40.3 Å². The quantitative estimate of drug-likeness (QED) is 0.252. The van der Waals surface area contributed by atoms with E-state index in [9.17, 15) is 0 Å². The number of halogens is 1. The molecule has 0 atom stereocenters. The molecule has 3 heterocycles. The molecule has 0 aliphatic carbocycles. The van der Waals surface area contributed by atoms with E-state index in [1.807, 2.05) is 47.8 Å². The maximum Gasteiger partial charge on any atom is 0.193 e. The van der Waals surface area contributed by atoms with Crippen LogP contribution in [0, 0.1) is 0 Å². The summed E-state index contributed by atoms with van der Waals surface area (Å²) in [7, 11) is 5.65. The molecule has 0 aromatic carbocycles. The first kappa shape index (κ1) is 20.1. The predicted octanol–water partition coefficient (Wildman–Crippen LogP) is 1.12. The molecule has 1 N–H and O–H groups in total. The highest BCUT2D eigenvalue weighted by atomic mass is 127. The SMILES string of the molecule is CN=C(NCCCc1nnc2ccccn12)N(C)Cc1ncnn1C.I. The summed E-state index contributed by atoms with van der Waals surface area (Å²) in [5.41, 5.74) is 0.879. The maximum absolute atomic E-state index is 4.32. The number of rotatable bonds is 6. The molecule has 0 radical (unpaired) electrons. The van der Waals surface area contributed by atoms with Crippen molar-refractivity contribution in [2.24, 2.45) is 12.0 Å². The minimum atomic E-state index is 0. The Morgan fingerprint density at radius 2 is 2.12 bits per heavy atom. The van der Waals surface area contributed by atoms with E-state index in [-0.39, 0.29) is 24.0 Å². The summed E-state index contributed by atoms with van der Waals surface area (Å²) in [6.45, 7) is 1.45. The van der Waals surface area contributed by atoms with Crippen molar-refractivity contribution in [1.82, 2.24) is 39.6 Å². The fourth-order valence-electron chi connectivity index (χ4n) is 2.64. The van der Waals surface area contributed by atoms with Crippen molar-refractivity contribution in [3.05, 3.63) is 42.4 Å². The monoisotopic (exact) mass is 469 g/mol. The molecule has 0 saturated heterocycles. The minimum absolute atomic E-state index is 0. The Morgan fingerprint density at radius 3 is 2.85 bits per heavy atom. The lowest BCUT2D eigenvalue weighted by molar-refractivity contribution is 0.448. The number of aromatic nitrogens is 6. The van der Waals surface area contributed by atoms with Crippen LogP contribution in [0.5, 0.6) is 0 Å². The molecular formula is C16H24IN9. The number of fused-ring (bicyclic) bond motifs is 1. The lowest BCUT2D eigenvalue weighted by Crippen LogP contribution is -2.39. The topological polar surface area (TPSA) is 88.5 Å². The van der Waals surface area contributed by atoms with Crippen LogP contribution in [0.4, 0.5) is 0 Å². The summed E-state index contributed by atoms with van der Waals surface area (Å²) in [5, 5.41) is 15.9. The number of guanidine groups is 1. The van der Waals surface area contributed by atoms with E-state index >= 15 is 0 Å². The van der Waals surface area contributed by atoms with Gasteiger partial charge in [-0.2, -0.15) is 5.10 Å². The van der Waals surface area contributed by atoms with Gasteiger partial charge in [-0.15, -0.1) is 34.2 Å². The van der Waals surface area contributed by atoms with Crippen molar-refractivity contribution in [3.8, 4) is 0 Å². The van der Waals surface area contributed by atoms with E-state index in [4.69, 9.17) is 0 Å². The van der Waals surface area contributed by atoms with Crippen LogP contribution < -0.4 is 5.32 Å². The van der Waals surface area contributed by atoms with Crippen LogP contribution >= 0.6 is 24.0 Å². The molecular weight excluding hydrogens is 445 g/mol. The van der Waals surface area contributed by atoms with Crippen LogP contribution in [0.1, 0.15) is 18.1 Å². The normalized spacial score (nSPS) is 11.4.